The van der Waals surface area contributed by atoms with Crippen LogP contribution in [0.5, 0.6) is 5.75 Å². The van der Waals surface area contributed by atoms with Gasteiger partial charge in [0.15, 0.2) is 0 Å². The molecule has 3 aliphatic rings. The number of carboxylic acids is 1. The van der Waals surface area contributed by atoms with Crippen molar-refractivity contribution < 1.29 is 32.6 Å². The van der Waals surface area contributed by atoms with E-state index in [0.29, 0.717) is 5.41 Å². The molecule has 1 aromatic carbocycles. The summed E-state index contributed by atoms with van der Waals surface area (Å²) in [4.78, 5) is 30.3. The highest BCUT2D eigenvalue weighted by atomic mass is 19.4. The lowest BCUT2D eigenvalue weighted by molar-refractivity contribution is -0.192. The first-order valence-corrected chi connectivity index (χ1v) is 13.7. The lowest BCUT2D eigenvalue weighted by Crippen LogP contribution is -2.48. The number of aromatic nitrogens is 1. The maximum Gasteiger partial charge on any atom is 0.490 e. The molecule has 7 nitrogen and oxygen atoms in total. The third kappa shape index (κ3) is 6.11. The Kier molecular flexibility index (Phi) is 8.23. The number of nitrogens with zero attached hydrogens (tertiary/aromatic N) is 3. The van der Waals surface area contributed by atoms with E-state index in [1.807, 2.05) is 17.0 Å². The zero-order chi connectivity index (χ0) is 29.3. The molecule has 2 aromatic rings. The SMILES string of the molecule is CC1(C)Oc2c(CN3CCC4(CC3)CCN(C(=O)c3ccncc3)CC4)cccc2C1(C)C.O=C(O)C(F)(F)F. The second-order valence-corrected chi connectivity index (χ2v) is 12.1. The van der Waals surface area contributed by atoms with Crippen molar-refractivity contribution in [3.8, 4) is 5.75 Å². The van der Waals surface area contributed by atoms with Crippen LogP contribution in [0.4, 0.5) is 13.2 Å². The summed E-state index contributed by atoms with van der Waals surface area (Å²) in [5.41, 5.74) is 3.61. The lowest BCUT2D eigenvalue weighted by Gasteiger charge is -2.47. The number of hydrogen-bond donors (Lipinski definition) is 1. The molecule has 0 atom stereocenters. The Morgan fingerprint density at radius 3 is 2.05 bits per heavy atom. The number of carbonyl (C=O) groups excluding carboxylic acids is 1. The maximum atomic E-state index is 12.8. The van der Waals surface area contributed by atoms with Crippen LogP contribution in [0.3, 0.4) is 0 Å². The number of para-hydroxylation sites is 1. The van der Waals surface area contributed by atoms with Gasteiger partial charge in [-0.25, -0.2) is 4.79 Å². The molecule has 0 aliphatic carbocycles. The number of benzene rings is 1. The highest BCUT2D eigenvalue weighted by Gasteiger charge is 2.49. The van der Waals surface area contributed by atoms with Crippen molar-refractivity contribution in [3.05, 3.63) is 59.4 Å². The molecule has 218 valence electrons. The third-order valence-corrected chi connectivity index (χ3v) is 9.22. The number of ether oxygens (including phenoxy) is 1. The number of carboxylic acid groups (broad SMARTS) is 1. The quantitative estimate of drug-likeness (QED) is 0.519. The third-order valence-electron chi connectivity index (χ3n) is 9.22. The smallest absolute Gasteiger partial charge is 0.486 e. The number of hydrogen-bond acceptors (Lipinski definition) is 5. The van der Waals surface area contributed by atoms with Crippen LogP contribution >= 0.6 is 0 Å². The van der Waals surface area contributed by atoms with E-state index in [9.17, 15) is 18.0 Å². The molecule has 1 N–H and O–H groups in total. The Bertz CT molecular complexity index is 1210. The predicted octanol–water partition coefficient (Wildman–Crippen LogP) is 5.68. The topological polar surface area (TPSA) is 83.0 Å². The molecule has 5 rings (SSSR count). The summed E-state index contributed by atoms with van der Waals surface area (Å²) in [6.07, 6.45) is 2.98. The standard InChI is InChI=1S/C28H37N3O2.C2HF3O2/c1-26(2)23-7-5-6-22(24(23)33-27(26,3)4)20-30-16-10-28(11-17-30)12-18-31(19-13-28)25(32)21-8-14-29-15-9-21;3-2(4,5)1(6)7/h5-9,14-15H,10-13,16-20H2,1-4H3;(H,6,7). The number of halogens is 3. The summed E-state index contributed by atoms with van der Waals surface area (Å²) < 4.78 is 38.2. The van der Waals surface area contributed by atoms with Gasteiger partial charge >= 0.3 is 12.1 Å². The number of alkyl halides is 3. The number of carbonyl (C=O) groups is 2. The van der Waals surface area contributed by atoms with Crippen LogP contribution in [0.1, 0.15) is 74.9 Å². The molecule has 4 heterocycles. The van der Waals surface area contributed by atoms with Crippen molar-refractivity contribution in [2.75, 3.05) is 26.2 Å². The minimum atomic E-state index is -5.08. The number of fused-ring (bicyclic) bond motifs is 1. The molecule has 1 spiro atoms. The first-order valence-electron chi connectivity index (χ1n) is 13.7. The molecular formula is C30H38F3N3O4. The summed E-state index contributed by atoms with van der Waals surface area (Å²) in [7, 11) is 0. The number of pyridine rings is 1. The molecule has 2 fully saturated rings. The predicted molar refractivity (Wildman–Crippen MR) is 144 cm³/mol. The zero-order valence-electron chi connectivity index (χ0n) is 23.6. The highest BCUT2D eigenvalue weighted by Crippen LogP contribution is 2.50. The Balaban J connectivity index is 0.000000470. The number of aliphatic carboxylic acids is 1. The van der Waals surface area contributed by atoms with Gasteiger partial charge in [-0.1, -0.05) is 32.0 Å². The van der Waals surface area contributed by atoms with Gasteiger partial charge in [0.25, 0.3) is 5.91 Å². The Morgan fingerprint density at radius 1 is 0.950 bits per heavy atom. The van der Waals surface area contributed by atoms with Gasteiger partial charge < -0.3 is 14.7 Å². The van der Waals surface area contributed by atoms with E-state index in [4.69, 9.17) is 14.6 Å². The average Bonchev–Trinajstić information content (AvgIpc) is 3.10. The number of rotatable bonds is 3. The van der Waals surface area contributed by atoms with Gasteiger partial charge in [0.05, 0.1) is 0 Å². The van der Waals surface area contributed by atoms with Crippen molar-refractivity contribution in [1.29, 1.82) is 0 Å². The van der Waals surface area contributed by atoms with E-state index >= 15 is 0 Å². The molecule has 2 saturated heterocycles. The van der Waals surface area contributed by atoms with E-state index in [2.05, 4.69) is 55.8 Å². The van der Waals surface area contributed by atoms with Crippen LogP contribution in [0.15, 0.2) is 42.7 Å². The van der Waals surface area contributed by atoms with Crippen LogP contribution in [-0.2, 0) is 16.8 Å². The van der Waals surface area contributed by atoms with Crippen molar-refractivity contribution in [3.63, 3.8) is 0 Å². The van der Waals surface area contributed by atoms with Crippen molar-refractivity contribution in [2.45, 2.75) is 77.1 Å². The molecule has 0 unspecified atom stereocenters. The summed E-state index contributed by atoms with van der Waals surface area (Å²) in [6, 6.07) is 10.3. The van der Waals surface area contributed by atoms with Gasteiger partial charge in [-0.15, -0.1) is 0 Å². The summed E-state index contributed by atoms with van der Waals surface area (Å²) in [6.45, 7) is 13.9. The van der Waals surface area contributed by atoms with Gasteiger partial charge in [0.2, 0.25) is 0 Å². The van der Waals surface area contributed by atoms with E-state index in [1.54, 1.807) is 12.4 Å². The normalized spacial score (nSPS) is 21.1. The minimum absolute atomic E-state index is 0.00592. The zero-order valence-corrected chi connectivity index (χ0v) is 23.6. The van der Waals surface area contributed by atoms with E-state index in [1.165, 1.54) is 24.0 Å². The van der Waals surface area contributed by atoms with E-state index in [0.717, 1.165) is 56.9 Å². The molecule has 0 radical (unpaired) electrons. The fourth-order valence-electron chi connectivity index (χ4n) is 5.82. The van der Waals surface area contributed by atoms with Gasteiger partial charge in [-0.05, 0) is 70.2 Å². The second kappa shape index (κ2) is 11.0. The van der Waals surface area contributed by atoms with Crippen LogP contribution in [0.25, 0.3) is 0 Å². The molecule has 1 amide bonds. The monoisotopic (exact) mass is 561 g/mol. The fraction of sp³-hybridized carbons (Fsp3) is 0.567. The van der Waals surface area contributed by atoms with E-state index < -0.39 is 12.1 Å². The molecule has 10 heteroatoms. The maximum absolute atomic E-state index is 12.8. The summed E-state index contributed by atoms with van der Waals surface area (Å²) >= 11 is 0. The second-order valence-electron chi connectivity index (χ2n) is 12.1. The first-order chi connectivity index (χ1) is 18.7. The number of likely N-dealkylation sites (tertiary alicyclic amines) is 2. The molecule has 1 aromatic heterocycles. The van der Waals surface area contributed by atoms with Gasteiger partial charge in [0, 0.05) is 54.1 Å². The fourth-order valence-corrected chi connectivity index (χ4v) is 5.82. The molecule has 3 aliphatic heterocycles. The Hall–Kier alpha value is -3.14. The first kappa shape index (κ1) is 29.8. The Labute approximate surface area is 233 Å². The Morgan fingerprint density at radius 2 is 1.50 bits per heavy atom. The van der Waals surface area contributed by atoms with Crippen LogP contribution in [0.2, 0.25) is 0 Å². The highest BCUT2D eigenvalue weighted by molar-refractivity contribution is 5.94. The number of amides is 1. The van der Waals surface area contributed by atoms with Gasteiger partial charge in [0.1, 0.15) is 11.4 Å². The van der Waals surface area contributed by atoms with Crippen LogP contribution < -0.4 is 4.74 Å². The largest absolute Gasteiger partial charge is 0.490 e. The summed E-state index contributed by atoms with van der Waals surface area (Å²) in [5, 5.41) is 7.12. The van der Waals surface area contributed by atoms with Crippen LogP contribution in [-0.4, -0.2) is 69.7 Å². The lowest BCUT2D eigenvalue weighted by atomic mass is 9.71. The van der Waals surface area contributed by atoms with Gasteiger partial charge in [-0.2, -0.15) is 13.2 Å². The molecule has 0 bridgehead atoms. The minimum Gasteiger partial charge on any atom is -0.486 e. The van der Waals surface area contributed by atoms with Crippen molar-refractivity contribution in [1.82, 2.24) is 14.8 Å². The summed E-state index contributed by atoms with van der Waals surface area (Å²) in [5.74, 6) is -1.50. The number of piperidine rings is 2. The molecule has 40 heavy (non-hydrogen) atoms. The average molecular weight is 562 g/mol. The van der Waals surface area contributed by atoms with Crippen molar-refractivity contribution >= 4 is 11.9 Å². The van der Waals surface area contributed by atoms with Crippen LogP contribution in [0, 0.1) is 5.41 Å². The van der Waals surface area contributed by atoms with Crippen molar-refractivity contribution in [2.24, 2.45) is 5.41 Å². The molecule has 0 saturated carbocycles. The molecular weight excluding hydrogens is 523 g/mol. The van der Waals surface area contributed by atoms with E-state index in [-0.39, 0.29) is 16.9 Å². The van der Waals surface area contributed by atoms with Gasteiger partial charge in [-0.3, -0.25) is 14.7 Å².